The summed E-state index contributed by atoms with van der Waals surface area (Å²) < 4.78 is 0. The number of halogens is 1. The minimum absolute atomic E-state index is 0.176. The number of alkyl halides is 1. The van der Waals surface area contributed by atoms with Crippen molar-refractivity contribution < 1.29 is 4.79 Å². The molecule has 0 saturated carbocycles. The third-order valence-corrected chi connectivity index (χ3v) is 4.27. The Morgan fingerprint density at radius 1 is 1.26 bits per heavy atom. The zero-order valence-corrected chi connectivity index (χ0v) is 12.3. The molecule has 104 valence electrons. The summed E-state index contributed by atoms with van der Waals surface area (Å²) in [4.78, 5) is 14.7. The van der Waals surface area contributed by atoms with E-state index in [2.05, 4.69) is 11.8 Å². The Kier molecular flexibility index (Phi) is 5.26. The predicted octanol–water partition coefficient (Wildman–Crippen LogP) is 4.22. The Morgan fingerprint density at radius 3 is 2.63 bits per heavy atom. The molecule has 1 aliphatic heterocycles. The van der Waals surface area contributed by atoms with Crippen LogP contribution in [-0.4, -0.2) is 23.4 Å². The summed E-state index contributed by atoms with van der Waals surface area (Å²) >= 11 is 5.78. The molecule has 0 aromatic heterocycles. The number of hydrogen-bond donors (Lipinski definition) is 0. The average molecular weight is 280 g/mol. The molecule has 2 nitrogen and oxygen atoms in total. The van der Waals surface area contributed by atoms with E-state index in [-0.39, 0.29) is 5.91 Å². The van der Waals surface area contributed by atoms with Crippen molar-refractivity contribution >= 4 is 17.5 Å². The average Bonchev–Trinajstić information content (AvgIpc) is 2.71. The first-order chi connectivity index (χ1) is 9.26. The molecule has 1 aliphatic rings. The van der Waals surface area contributed by atoms with Crippen molar-refractivity contribution in [2.24, 2.45) is 0 Å². The Morgan fingerprint density at radius 2 is 2.00 bits per heavy atom. The van der Waals surface area contributed by atoms with Gasteiger partial charge >= 0.3 is 0 Å². The molecule has 1 unspecified atom stereocenters. The number of rotatable bonds is 3. The second-order valence-corrected chi connectivity index (χ2v) is 5.51. The van der Waals surface area contributed by atoms with E-state index in [0.29, 0.717) is 11.9 Å². The number of carbonyl (C=O) groups excluding carboxylic acids is 1. The van der Waals surface area contributed by atoms with Gasteiger partial charge in [0.15, 0.2) is 0 Å². The fourth-order valence-corrected chi connectivity index (χ4v) is 2.95. The van der Waals surface area contributed by atoms with Crippen molar-refractivity contribution in [3.63, 3.8) is 0 Å². The van der Waals surface area contributed by atoms with Crippen molar-refractivity contribution in [2.75, 3.05) is 6.54 Å². The lowest BCUT2D eigenvalue weighted by Gasteiger charge is -2.29. The van der Waals surface area contributed by atoms with Crippen molar-refractivity contribution in [3.05, 3.63) is 35.4 Å². The summed E-state index contributed by atoms with van der Waals surface area (Å²) in [5.74, 6) is 0.672. The first-order valence-corrected chi connectivity index (χ1v) is 7.75. The van der Waals surface area contributed by atoms with Gasteiger partial charge in [0.1, 0.15) is 0 Å². The minimum atomic E-state index is 0.176. The molecule has 1 aromatic carbocycles. The first-order valence-electron chi connectivity index (χ1n) is 7.22. The molecule has 0 N–H and O–H groups in total. The molecule has 1 fully saturated rings. The molecule has 0 bridgehead atoms. The van der Waals surface area contributed by atoms with Crippen molar-refractivity contribution in [3.8, 4) is 0 Å². The number of benzene rings is 1. The highest BCUT2D eigenvalue weighted by Crippen LogP contribution is 2.21. The molecule has 0 aliphatic carbocycles. The lowest BCUT2D eigenvalue weighted by molar-refractivity contribution is 0.0678. The lowest BCUT2D eigenvalue weighted by Crippen LogP contribution is -2.39. The van der Waals surface area contributed by atoms with Gasteiger partial charge in [-0.3, -0.25) is 4.79 Å². The smallest absolute Gasteiger partial charge is 0.254 e. The van der Waals surface area contributed by atoms with Gasteiger partial charge in [-0.25, -0.2) is 0 Å². The lowest BCUT2D eigenvalue weighted by atomic mass is 10.1. The van der Waals surface area contributed by atoms with E-state index in [4.69, 9.17) is 11.6 Å². The van der Waals surface area contributed by atoms with Gasteiger partial charge in [0.05, 0.1) is 0 Å². The highest BCUT2D eigenvalue weighted by Gasteiger charge is 2.24. The van der Waals surface area contributed by atoms with Gasteiger partial charge in [-0.15, -0.1) is 11.6 Å². The molecule has 2 rings (SSSR count). The van der Waals surface area contributed by atoms with Gasteiger partial charge in [0.25, 0.3) is 5.91 Å². The first kappa shape index (κ1) is 14.4. The summed E-state index contributed by atoms with van der Waals surface area (Å²) in [5, 5.41) is 0. The van der Waals surface area contributed by atoms with Crippen LogP contribution in [-0.2, 0) is 5.88 Å². The van der Waals surface area contributed by atoms with Crippen LogP contribution in [0.2, 0.25) is 0 Å². The Labute approximate surface area is 120 Å². The van der Waals surface area contributed by atoms with Gasteiger partial charge in [0, 0.05) is 24.0 Å². The second-order valence-electron chi connectivity index (χ2n) is 5.24. The van der Waals surface area contributed by atoms with E-state index in [1.807, 2.05) is 24.3 Å². The fourth-order valence-electron chi connectivity index (χ4n) is 2.77. The summed E-state index contributed by atoms with van der Waals surface area (Å²) in [6, 6.07) is 8.09. The Hall–Kier alpha value is -1.02. The van der Waals surface area contributed by atoms with Gasteiger partial charge in [0.2, 0.25) is 0 Å². The highest BCUT2D eigenvalue weighted by molar-refractivity contribution is 6.17. The monoisotopic (exact) mass is 279 g/mol. The number of nitrogens with zero attached hydrogens (tertiary/aromatic N) is 1. The molecular formula is C16H22ClNO. The van der Waals surface area contributed by atoms with Crippen molar-refractivity contribution in [1.82, 2.24) is 4.90 Å². The normalized spacial score (nSPS) is 20.1. The molecule has 0 radical (unpaired) electrons. The third-order valence-electron chi connectivity index (χ3n) is 3.96. The van der Waals surface area contributed by atoms with Gasteiger partial charge in [-0.05, 0) is 37.0 Å². The summed E-state index contributed by atoms with van der Waals surface area (Å²) in [6.45, 7) is 3.07. The molecule has 0 spiro atoms. The van der Waals surface area contributed by atoms with Crippen LogP contribution < -0.4 is 0 Å². The van der Waals surface area contributed by atoms with Crippen LogP contribution >= 0.6 is 11.6 Å². The molecule has 1 amide bonds. The number of likely N-dealkylation sites (tertiary alicyclic amines) is 1. The molecular weight excluding hydrogens is 258 g/mol. The van der Waals surface area contributed by atoms with Crippen LogP contribution in [0.25, 0.3) is 0 Å². The minimum Gasteiger partial charge on any atom is -0.336 e. The van der Waals surface area contributed by atoms with E-state index in [0.717, 1.165) is 36.9 Å². The van der Waals surface area contributed by atoms with E-state index in [1.165, 1.54) is 12.8 Å². The number of amides is 1. The Balaban J connectivity index is 2.15. The zero-order valence-electron chi connectivity index (χ0n) is 11.6. The van der Waals surface area contributed by atoms with Crippen molar-refractivity contribution in [1.29, 1.82) is 0 Å². The SMILES string of the molecule is CCC1CCCCCN1C(=O)c1ccc(CCl)cc1. The number of carbonyl (C=O) groups is 1. The quantitative estimate of drug-likeness (QED) is 0.759. The highest BCUT2D eigenvalue weighted by atomic mass is 35.5. The van der Waals surface area contributed by atoms with E-state index < -0.39 is 0 Å². The predicted molar refractivity (Wildman–Crippen MR) is 79.6 cm³/mol. The standard InChI is InChI=1S/C16H22ClNO/c1-2-15-6-4-3-5-11-18(15)16(19)14-9-7-13(12-17)8-10-14/h7-10,15H,2-6,11-12H2,1H3. The van der Waals surface area contributed by atoms with Crippen LogP contribution in [0.5, 0.6) is 0 Å². The van der Waals surface area contributed by atoms with Gasteiger partial charge in [-0.2, -0.15) is 0 Å². The molecule has 1 atom stereocenters. The summed E-state index contributed by atoms with van der Waals surface area (Å²) in [5.41, 5.74) is 1.84. The molecule has 1 heterocycles. The largest absolute Gasteiger partial charge is 0.336 e. The Bertz CT molecular complexity index is 415. The number of hydrogen-bond acceptors (Lipinski definition) is 1. The fraction of sp³-hybridized carbons (Fsp3) is 0.562. The van der Waals surface area contributed by atoms with Gasteiger partial charge in [-0.1, -0.05) is 31.9 Å². The van der Waals surface area contributed by atoms with Crippen LogP contribution in [0.3, 0.4) is 0 Å². The maximum atomic E-state index is 12.6. The van der Waals surface area contributed by atoms with Crippen LogP contribution in [0.1, 0.15) is 54.9 Å². The van der Waals surface area contributed by atoms with E-state index >= 15 is 0 Å². The van der Waals surface area contributed by atoms with E-state index in [1.54, 1.807) is 0 Å². The van der Waals surface area contributed by atoms with E-state index in [9.17, 15) is 4.79 Å². The van der Waals surface area contributed by atoms with Crippen LogP contribution in [0.15, 0.2) is 24.3 Å². The third kappa shape index (κ3) is 3.50. The molecule has 19 heavy (non-hydrogen) atoms. The molecule has 3 heteroatoms. The topological polar surface area (TPSA) is 20.3 Å². The van der Waals surface area contributed by atoms with Crippen molar-refractivity contribution in [2.45, 2.75) is 50.9 Å². The second kappa shape index (κ2) is 6.95. The maximum Gasteiger partial charge on any atom is 0.254 e. The zero-order chi connectivity index (χ0) is 13.7. The molecule has 1 saturated heterocycles. The molecule has 1 aromatic rings. The van der Waals surface area contributed by atoms with Gasteiger partial charge < -0.3 is 4.90 Å². The van der Waals surface area contributed by atoms with Crippen LogP contribution in [0.4, 0.5) is 0 Å². The summed E-state index contributed by atoms with van der Waals surface area (Å²) in [7, 11) is 0. The summed E-state index contributed by atoms with van der Waals surface area (Å²) in [6.07, 6.45) is 5.80. The maximum absolute atomic E-state index is 12.6. The van der Waals surface area contributed by atoms with Crippen LogP contribution in [0, 0.1) is 0 Å².